The van der Waals surface area contributed by atoms with Crippen molar-refractivity contribution in [3.63, 3.8) is 0 Å². The Morgan fingerprint density at radius 3 is 2.72 bits per heavy atom. The monoisotopic (exact) mass is 337 g/mol. The van der Waals surface area contributed by atoms with Gasteiger partial charge in [-0.15, -0.1) is 0 Å². The van der Waals surface area contributed by atoms with E-state index in [2.05, 4.69) is 10.3 Å². The molecule has 4 rings (SSSR count). The molecule has 1 fully saturated rings. The molecule has 1 aliphatic heterocycles. The Kier molecular flexibility index (Phi) is 3.72. The minimum atomic E-state index is -0.400. The fourth-order valence-electron chi connectivity index (χ4n) is 3.04. The molecule has 25 heavy (non-hydrogen) atoms. The summed E-state index contributed by atoms with van der Waals surface area (Å²) in [6.45, 7) is 0.721. The summed E-state index contributed by atoms with van der Waals surface area (Å²) >= 11 is 0. The predicted octanol–water partition coefficient (Wildman–Crippen LogP) is 3.02. The van der Waals surface area contributed by atoms with Crippen molar-refractivity contribution in [2.24, 2.45) is 5.92 Å². The van der Waals surface area contributed by atoms with Crippen molar-refractivity contribution < 1.29 is 14.0 Å². The summed E-state index contributed by atoms with van der Waals surface area (Å²) in [4.78, 5) is 29.5. The second kappa shape index (κ2) is 6.05. The molecule has 0 radical (unpaired) electrons. The zero-order chi connectivity index (χ0) is 17.4. The average Bonchev–Trinajstić information content (AvgIpc) is 2.97. The van der Waals surface area contributed by atoms with E-state index in [1.165, 1.54) is 12.1 Å². The number of carbonyl (C=O) groups is 2. The van der Waals surface area contributed by atoms with Crippen LogP contribution in [0.2, 0.25) is 0 Å². The van der Waals surface area contributed by atoms with Crippen LogP contribution >= 0.6 is 0 Å². The molecule has 2 aromatic carbocycles. The van der Waals surface area contributed by atoms with Crippen molar-refractivity contribution in [2.75, 3.05) is 18.4 Å². The van der Waals surface area contributed by atoms with Gasteiger partial charge in [0.05, 0.1) is 11.5 Å². The van der Waals surface area contributed by atoms with Crippen LogP contribution in [0.25, 0.3) is 10.9 Å². The smallest absolute Gasteiger partial charge is 0.256 e. The Balaban J connectivity index is 1.40. The topological polar surface area (TPSA) is 65.2 Å². The molecule has 1 aliphatic rings. The number of benzene rings is 2. The molecule has 5 nitrogen and oxygen atoms in total. The van der Waals surface area contributed by atoms with E-state index in [1.54, 1.807) is 23.2 Å². The lowest BCUT2D eigenvalue weighted by Crippen LogP contribution is -2.54. The van der Waals surface area contributed by atoms with Gasteiger partial charge in [-0.25, -0.2) is 4.39 Å². The quantitative estimate of drug-likeness (QED) is 0.771. The number of nitrogens with one attached hydrogen (secondary N) is 2. The highest BCUT2D eigenvalue weighted by Crippen LogP contribution is 2.24. The number of likely N-dealkylation sites (tertiary alicyclic amines) is 1. The average molecular weight is 337 g/mol. The highest BCUT2D eigenvalue weighted by atomic mass is 19.1. The van der Waals surface area contributed by atoms with Gasteiger partial charge in [-0.2, -0.15) is 0 Å². The lowest BCUT2D eigenvalue weighted by molar-refractivity contribution is -0.123. The number of hydrogen-bond donors (Lipinski definition) is 2. The number of anilines is 1. The zero-order valence-corrected chi connectivity index (χ0v) is 13.3. The highest BCUT2D eigenvalue weighted by Gasteiger charge is 2.36. The first-order valence-electron chi connectivity index (χ1n) is 8.03. The molecule has 0 aliphatic carbocycles. The first-order chi connectivity index (χ1) is 12.1. The third kappa shape index (κ3) is 2.87. The number of nitrogens with zero attached hydrogens (tertiary/aromatic N) is 1. The number of aromatic amines is 1. The molecule has 6 heteroatoms. The van der Waals surface area contributed by atoms with Gasteiger partial charge in [0, 0.05) is 35.9 Å². The number of carbonyl (C=O) groups excluding carboxylic acids is 2. The molecule has 2 N–H and O–H groups in total. The van der Waals surface area contributed by atoms with Crippen molar-refractivity contribution in [1.82, 2.24) is 9.88 Å². The van der Waals surface area contributed by atoms with Crippen LogP contribution in [0.1, 0.15) is 10.4 Å². The Labute approximate surface area is 143 Å². The van der Waals surface area contributed by atoms with Crippen LogP contribution in [-0.4, -0.2) is 34.8 Å². The first-order valence-corrected chi connectivity index (χ1v) is 8.03. The molecule has 0 saturated carbocycles. The molecule has 1 aromatic heterocycles. The Morgan fingerprint density at radius 1 is 1.12 bits per heavy atom. The molecule has 0 bridgehead atoms. The molecular weight excluding hydrogens is 321 g/mol. The van der Waals surface area contributed by atoms with Gasteiger partial charge >= 0.3 is 0 Å². The fraction of sp³-hybridized carbons (Fsp3) is 0.158. The van der Waals surface area contributed by atoms with Crippen LogP contribution in [-0.2, 0) is 4.79 Å². The van der Waals surface area contributed by atoms with Crippen molar-refractivity contribution in [3.05, 3.63) is 66.1 Å². The van der Waals surface area contributed by atoms with Crippen LogP contribution in [0.4, 0.5) is 10.1 Å². The van der Waals surface area contributed by atoms with Gasteiger partial charge in [0.1, 0.15) is 5.82 Å². The standard InChI is InChI=1S/C19H16FN3O2/c20-13-4-3-5-14(8-13)22-18(24)12-10-23(11-12)19(25)16-9-21-17-7-2-1-6-15(16)17/h1-9,12,21H,10-11H2,(H,22,24). The first kappa shape index (κ1) is 15.4. The summed E-state index contributed by atoms with van der Waals surface area (Å²) in [6, 6.07) is 13.4. The van der Waals surface area contributed by atoms with Crippen LogP contribution in [0.3, 0.4) is 0 Å². The van der Waals surface area contributed by atoms with E-state index in [4.69, 9.17) is 0 Å². The Hall–Kier alpha value is -3.15. The molecule has 0 spiro atoms. The normalized spacial score (nSPS) is 14.4. The maximum Gasteiger partial charge on any atom is 0.256 e. The number of fused-ring (bicyclic) bond motifs is 1. The lowest BCUT2D eigenvalue weighted by atomic mass is 9.97. The summed E-state index contributed by atoms with van der Waals surface area (Å²) in [7, 11) is 0. The third-order valence-corrected chi connectivity index (χ3v) is 4.45. The van der Waals surface area contributed by atoms with Gasteiger partial charge in [0.15, 0.2) is 0 Å². The predicted molar refractivity (Wildman–Crippen MR) is 92.7 cm³/mol. The van der Waals surface area contributed by atoms with E-state index in [0.29, 0.717) is 24.3 Å². The van der Waals surface area contributed by atoms with Crippen molar-refractivity contribution in [2.45, 2.75) is 0 Å². The van der Waals surface area contributed by atoms with E-state index in [0.717, 1.165) is 10.9 Å². The summed E-state index contributed by atoms with van der Waals surface area (Å²) in [5, 5.41) is 3.56. The third-order valence-electron chi connectivity index (χ3n) is 4.45. The number of hydrogen-bond acceptors (Lipinski definition) is 2. The van der Waals surface area contributed by atoms with Gasteiger partial charge in [-0.05, 0) is 24.3 Å². The highest BCUT2D eigenvalue weighted by molar-refractivity contribution is 6.07. The van der Waals surface area contributed by atoms with Crippen LogP contribution in [0.15, 0.2) is 54.7 Å². The van der Waals surface area contributed by atoms with Gasteiger partial charge in [-0.3, -0.25) is 9.59 Å². The number of rotatable bonds is 3. The SMILES string of the molecule is O=C(Nc1cccc(F)c1)C1CN(C(=O)c2c[nH]c3ccccc23)C1. The lowest BCUT2D eigenvalue weighted by Gasteiger charge is -2.38. The Bertz CT molecular complexity index is 960. The molecule has 126 valence electrons. The van der Waals surface area contributed by atoms with Gasteiger partial charge in [0.25, 0.3) is 5.91 Å². The minimum absolute atomic E-state index is 0.0905. The number of aromatic nitrogens is 1. The summed E-state index contributed by atoms with van der Waals surface area (Å²) in [5.41, 5.74) is 1.94. The molecule has 2 heterocycles. The number of halogens is 1. The number of amides is 2. The van der Waals surface area contributed by atoms with E-state index in [-0.39, 0.29) is 17.7 Å². The minimum Gasteiger partial charge on any atom is -0.360 e. The van der Waals surface area contributed by atoms with Crippen molar-refractivity contribution in [3.8, 4) is 0 Å². The van der Waals surface area contributed by atoms with Gasteiger partial charge in [-0.1, -0.05) is 24.3 Å². The number of para-hydroxylation sites is 1. The summed E-state index contributed by atoms with van der Waals surface area (Å²) in [6.07, 6.45) is 1.70. The second-order valence-corrected chi connectivity index (χ2v) is 6.15. The molecule has 0 unspecified atom stereocenters. The zero-order valence-electron chi connectivity index (χ0n) is 13.3. The van der Waals surface area contributed by atoms with Crippen LogP contribution < -0.4 is 5.32 Å². The largest absolute Gasteiger partial charge is 0.360 e. The molecule has 0 atom stereocenters. The van der Waals surface area contributed by atoms with E-state index < -0.39 is 5.82 Å². The fourth-order valence-corrected chi connectivity index (χ4v) is 3.04. The van der Waals surface area contributed by atoms with Gasteiger partial charge < -0.3 is 15.2 Å². The molecular formula is C19H16FN3O2. The van der Waals surface area contributed by atoms with Gasteiger partial charge in [0.2, 0.25) is 5.91 Å². The second-order valence-electron chi connectivity index (χ2n) is 6.15. The van der Waals surface area contributed by atoms with Crippen molar-refractivity contribution >= 4 is 28.4 Å². The van der Waals surface area contributed by atoms with E-state index in [1.807, 2.05) is 24.3 Å². The number of H-pyrrole nitrogens is 1. The summed E-state index contributed by atoms with van der Waals surface area (Å²) < 4.78 is 13.2. The van der Waals surface area contributed by atoms with Crippen molar-refractivity contribution in [1.29, 1.82) is 0 Å². The molecule has 1 saturated heterocycles. The summed E-state index contributed by atoms with van der Waals surface area (Å²) in [5.74, 6) is -0.971. The van der Waals surface area contributed by atoms with Crippen LogP contribution in [0.5, 0.6) is 0 Å². The van der Waals surface area contributed by atoms with E-state index >= 15 is 0 Å². The Morgan fingerprint density at radius 2 is 1.92 bits per heavy atom. The van der Waals surface area contributed by atoms with E-state index in [9.17, 15) is 14.0 Å². The molecule has 3 aromatic rings. The molecule has 2 amide bonds. The maximum absolute atomic E-state index is 13.2. The van der Waals surface area contributed by atoms with Crippen LogP contribution in [0, 0.1) is 11.7 Å². The maximum atomic E-state index is 13.2.